The summed E-state index contributed by atoms with van der Waals surface area (Å²) in [5.41, 5.74) is 7.07. The van der Waals surface area contributed by atoms with Crippen LogP contribution in [0.15, 0.2) is 36.5 Å². The molecule has 0 aliphatic heterocycles. The van der Waals surface area contributed by atoms with Crippen LogP contribution in [0.3, 0.4) is 0 Å². The largest absolute Gasteiger partial charge is 0.366 e. The molecule has 0 aliphatic carbocycles. The molecule has 0 atom stereocenters. The highest BCUT2D eigenvalue weighted by molar-refractivity contribution is 5.95. The van der Waals surface area contributed by atoms with Crippen LogP contribution < -0.4 is 5.73 Å². The van der Waals surface area contributed by atoms with Gasteiger partial charge in [0.2, 0.25) is 5.91 Å². The fraction of sp³-hybridized carbons (Fsp3) is 0.0714. The number of nitrogens with two attached hydrogens (primary N) is 1. The molecule has 2 N–H and O–H groups in total. The molecule has 0 bridgehead atoms. The van der Waals surface area contributed by atoms with Crippen molar-refractivity contribution < 1.29 is 4.79 Å². The molecule has 1 aromatic carbocycles. The zero-order valence-corrected chi connectivity index (χ0v) is 9.26. The van der Waals surface area contributed by atoms with E-state index in [2.05, 4.69) is 5.92 Å². The Balaban J connectivity index is 2.57. The van der Waals surface area contributed by atoms with Crippen LogP contribution in [0.1, 0.15) is 5.56 Å². The second kappa shape index (κ2) is 4.58. The third-order valence-electron chi connectivity index (χ3n) is 2.51. The number of terminal acetylenes is 1. The standard InChI is InChI=1S/C14H12N2O/c1-2-9-16-10-11(7-8-14(15)17)12-5-3-4-6-13(12)16/h1,3-8,10H,9H2,(H2,15,17)/b8-7-. The molecule has 0 unspecified atom stereocenters. The van der Waals surface area contributed by atoms with Crippen molar-refractivity contribution in [2.45, 2.75) is 6.54 Å². The van der Waals surface area contributed by atoms with Gasteiger partial charge in [-0.05, 0) is 12.1 Å². The Morgan fingerprint density at radius 2 is 2.24 bits per heavy atom. The third kappa shape index (κ3) is 2.21. The average molecular weight is 224 g/mol. The van der Waals surface area contributed by atoms with E-state index in [-0.39, 0.29) is 0 Å². The Labute approximate surface area is 99.5 Å². The van der Waals surface area contributed by atoms with Gasteiger partial charge in [-0.1, -0.05) is 24.1 Å². The normalized spacial score (nSPS) is 10.8. The number of fused-ring (bicyclic) bond motifs is 1. The number of primary amides is 1. The van der Waals surface area contributed by atoms with Gasteiger partial charge in [-0.2, -0.15) is 0 Å². The first kappa shape index (κ1) is 11.0. The molecule has 0 spiro atoms. The summed E-state index contributed by atoms with van der Waals surface area (Å²) in [7, 11) is 0. The van der Waals surface area contributed by atoms with E-state index >= 15 is 0 Å². The summed E-state index contributed by atoms with van der Waals surface area (Å²) in [6.45, 7) is 0.505. The first-order valence-corrected chi connectivity index (χ1v) is 5.21. The van der Waals surface area contributed by atoms with Crippen molar-refractivity contribution in [2.75, 3.05) is 0 Å². The summed E-state index contributed by atoms with van der Waals surface area (Å²) in [5, 5.41) is 1.06. The molecule has 2 aromatic rings. The van der Waals surface area contributed by atoms with Crippen LogP contribution in [-0.2, 0) is 11.3 Å². The second-order valence-corrected chi connectivity index (χ2v) is 3.67. The van der Waals surface area contributed by atoms with Crippen LogP contribution in [-0.4, -0.2) is 10.5 Å². The Bertz CT molecular complexity index is 629. The van der Waals surface area contributed by atoms with E-state index < -0.39 is 5.91 Å². The molecule has 0 radical (unpaired) electrons. The van der Waals surface area contributed by atoms with Gasteiger partial charge in [0.05, 0.1) is 6.54 Å². The van der Waals surface area contributed by atoms with Crippen LogP contribution in [0.25, 0.3) is 17.0 Å². The number of hydrogen-bond donors (Lipinski definition) is 1. The zero-order chi connectivity index (χ0) is 12.3. The number of carbonyl (C=O) groups is 1. The molecule has 1 amide bonds. The highest BCUT2D eigenvalue weighted by atomic mass is 16.1. The molecule has 0 aliphatic rings. The van der Waals surface area contributed by atoms with Crippen molar-refractivity contribution in [2.24, 2.45) is 5.73 Å². The molecule has 3 heteroatoms. The van der Waals surface area contributed by atoms with E-state index in [0.717, 1.165) is 16.5 Å². The van der Waals surface area contributed by atoms with Gasteiger partial charge in [0.1, 0.15) is 0 Å². The molecular formula is C14H12N2O. The second-order valence-electron chi connectivity index (χ2n) is 3.67. The number of amides is 1. The SMILES string of the molecule is C#CCn1cc(/C=C\C(N)=O)c2ccccc21. The molecule has 1 aromatic heterocycles. The maximum Gasteiger partial charge on any atom is 0.241 e. The molecule has 2 rings (SSSR count). The van der Waals surface area contributed by atoms with E-state index in [1.165, 1.54) is 6.08 Å². The number of carbonyl (C=O) groups excluding carboxylic acids is 1. The maximum absolute atomic E-state index is 10.7. The molecule has 1 heterocycles. The topological polar surface area (TPSA) is 48.0 Å². The number of para-hydroxylation sites is 1. The van der Waals surface area contributed by atoms with E-state index in [4.69, 9.17) is 12.2 Å². The number of aromatic nitrogens is 1. The Morgan fingerprint density at radius 3 is 2.94 bits per heavy atom. The Hall–Kier alpha value is -2.47. The summed E-state index contributed by atoms with van der Waals surface area (Å²) in [6.07, 6.45) is 10.3. The van der Waals surface area contributed by atoms with Crippen LogP contribution in [0.2, 0.25) is 0 Å². The van der Waals surface area contributed by atoms with Crippen LogP contribution in [0.5, 0.6) is 0 Å². The smallest absolute Gasteiger partial charge is 0.241 e. The quantitative estimate of drug-likeness (QED) is 0.627. The molecular weight excluding hydrogens is 212 g/mol. The first-order chi connectivity index (χ1) is 8.22. The fourth-order valence-electron chi connectivity index (χ4n) is 1.81. The average Bonchev–Trinajstić information content (AvgIpc) is 2.66. The fourth-order valence-corrected chi connectivity index (χ4v) is 1.81. The predicted octanol–water partition coefficient (Wildman–Crippen LogP) is 1.77. The number of benzene rings is 1. The summed E-state index contributed by atoms with van der Waals surface area (Å²) >= 11 is 0. The predicted molar refractivity (Wildman–Crippen MR) is 69.0 cm³/mol. The minimum absolute atomic E-state index is 0.459. The van der Waals surface area contributed by atoms with Crippen molar-refractivity contribution in [1.29, 1.82) is 0 Å². The minimum Gasteiger partial charge on any atom is -0.366 e. The van der Waals surface area contributed by atoms with E-state index in [1.54, 1.807) is 6.08 Å². The van der Waals surface area contributed by atoms with Crippen molar-refractivity contribution in [1.82, 2.24) is 4.57 Å². The van der Waals surface area contributed by atoms with Crippen molar-refractivity contribution in [3.8, 4) is 12.3 Å². The van der Waals surface area contributed by atoms with Crippen LogP contribution >= 0.6 is 0 Å². The molecule has 84 valence electrons. The van der Waals surface area contributed by atoms with E-state index in [0.29, 0.717) is 6.54 Å². The van der Waals surface area contributed by atoms with Gasteiger partial charge in [-0.3, -0.25) is 4.79 Å². The molecule has 0 saturated carbocycles. The summed E-state index contributed by atoms with van der Waals surface area (Å²) in [6, 6.07) is 7.89. The maximum atomic E-state index is 10.7. The lowest BCUT2D eigenvalue weighted by Crippen LogP contribution is -2.04. The highest BCUT2D eigenvalue weighted by Crippen LogP contribution is 2.22. The van der Waals surface area contributed by atoms with Crippen molar-refractivity contribution in [3.05, 3.63) is 42.1 Å². The van der Waals surface area contributed by atoms with Crippen LogP contribution in [0, 0.1) is 12.3 Å². The summed E-state index contributed by atoms with van der Waals surface area (Å²) in [5.74, 6) is 2.14. The Kier molecular flexibility index (Phi) is 2.97. The van der Waals surface area contributed by atoms with Gasteiger partial charge in [-0.25, -0.2) is 0 Å². The number of rotatable bonds is 3. The lowest BCUT2D eigenvalue weighted by atomic mass is 10.1. The van der Waals surface area contributed by atoms with Gasteiger partial charge in [0.25, 0.3) is 0 Å². The third-order valence-corrected chi connectivity index (χ3v) is 2.51. The van der Waals surface area contributed by atoms with Crippen molar-refractivity contribution >= 4 is 22.9 Å². The van der Waals surface area contributed by atoms with E-state index in [9.17, 15) is 4.79 Å². The first-order valence-electron chi connectivity index (χ1n) is 5.21. The van der Waals surface area contributed by atoms with Crippen molar-refractivity contribution in [3.63, 3.8) is 0 Å². The van der Waals surface area contributed by atoms with E-state index in [1.807, 2.05) is 35.0 Å². The highest BCUT2D eigenvalue weighted by Gasteiger charge is 2.04. The summed E-state index contributed by atoms with van der Waals surface area (Å²) in [4.78, 5) is 10.7. The van der Waals surface area contributed by atoms with Gasteiger partial charge in [-0.15, -0.1) is 6.42 Å². The van der Waals surface area contributed by atoms with Crippen LogP contribution in [0.4, 0.5) is 0 Å². The monoisotopic (exact) mass is 224 g/mol. The van der Waals surface area contributed by atoms with Gasteiger partial charge in [0.15, 0.2) is 0 Å². The number of nitrogens with zero attached hydrogens (tertiary/aromatic N) is 1. The minimum atomic E-state index is -0.459. The molecule has 3 nitrogen and oxygen atoms in total. The van der Waals surface area contributed by atoms with Gasteiger partial charge >= 0.3 is 0 Å². The number of hydrogen-bond acceptors (Lipinski definition) is 1. The molecule has 17 heavy (non-hydrogen) atoms. The summed E-state index contributed by atoms with van der Waals surface area (Å²) < 4.78 is 1.97. The molecule has 0 fully saturated rings. The zero-order valence-electron chi connectivity index (χ0n) is 9.26. The Morgan fingerprint density at radius 1 is 1.47 bits per heavy atom. The lowest BCUT2D eigenvalue weighted by molar-refractivity contribution is -0.113. The van der Waals surface area contributed by atoms with Gasteiger partial charge < -0.3 is 10.3 Å². The lowest BCUT2D eigenvalue weighted by Gasteiger charge is -1.97. The molecule has 0 saturated heterocycles. The van der Waals surface area contributed by atoms with Gasteiger partial charge in [0, 0.05) is 28.7 Å².